The minimum absolute atomic E-state index is 0. The fourth-order valence-corrected chi connectivity index (χ4v) is 0.661. The van der Waals surface area contributed by atoms with E-state index < -0.39 is 24.6 Å². The van der Waals surface area contributed by atoms with Crippen molar-refractivity contribution in [2.75, 3.05) is 6.67 Å². The number of carboxylic acid groups (broad SMARTS) is 1. The van der Waals surface area contributed by atoms with Crippen LogP contribution in [-0.2, 0) is 4.79 Å². The Hall–Kier alpha value is -0.350. The number of rotatable bonds is 4. The third kappa shape index (κ3) is 4.16. The number of carboxylic acids is 1. The van der Waals surface area contributed by atoms with E-state index in [-0.39, 0.29) is 12.4 Å². The van der Waals surface area contributed by atoms with Gasteiger partial charge in [-0.3, -0.25) is 9.18 Å². The molecule has 0 aliphatic carbocycles. The van der Waals surface area contributed by atoms with Crippen LogP contribution in [0.5, 0.6) is 0 Å². The highest BCUT2D eigenvalue weighted by Crippen LogP contribution is 2.07. The molecule has 68 valence electrons. The zero-order valence-electron chi connectivity index (χ0n) is 6.29. The second-order valence-corrected chi connectivity index (χ2v) is 2.19. The van der Waals surface area contributed by atoms with Gasteiger partial charge in [0.1, 0.15) is 6.04 Å². The van der Waals surface area contributed by atoms with Gasteiger partial charge >= 0.3 is 5.97 Å². The van der Waals surface area contributed by atoms with E-state index in [9.17, 15) is 9.18 Å². The quantitative estimate of drug-likeness (QED) is 0.682. The summed E-state index contributed by atoms with van der Waals surface area (Å²) < 4.78 is 11.9. The van der Waals surface area contributed by atoms with E-state index in [1.165, 1.54) is 0 Å². The second kappa shape index (κ2) is 6.37. The number of aliphatic carboxylic acids is 1. The van der Waals surface area contributed by atoms with Gasteiger partial charge in [0.25, 0.3) is 0 Å². The van der Waals surface area contributed by atoms with Gasteiger partial charge in [-0.05, 0) is 6.42 Å². The molecule has 0 aliphatic rings. The van der Waals surface area contributed by atoms with Gasteiger partial charge in [-0.25, -0.2) is 0 Å². The van der Waals surface area contributed by atoms with Crippen molar-refractivity contribution < 1.29 is 14.3 Å². The zero-order valence-corrected chi connectivity index (χ0v) is 7.10. The van der Waals surface area contributed by atoms with E-state index in [2.05, 4.69) is 0 Å². The molecule has 5 heteroatoms. The summed E-state index contributed by atoms with van der Waals surface area (Å²) >= 11 is 0. The van der Waals surface area contributed by atoms with Crippen LogP contribution >= 0.6 is 12.4 Å². The Kier molecular flexibility index (Phi) is 7.67. The van der Waals surface area contributed by atoms with Gasteiger partial charge in [-0.15, -0.1) is 12.4 Å². The first kappa shape index (κ1) is 13.3. The number of nitrogens with two attached hydrogens (primary N) is 1. The molecule has 3 N–H and O–H groups in total. The average Bonchev–Trinajstić information content (AvgIpc) is 1.90. The number of hydrogen-bond donors (Lipinski definition) is 2. The lowest BCUT2D eigenvalue weighted by molar-refractivity contribution is -0.140. The molecule has 0 unspecified atom stereocenters. The highest BCUT2D eigenvalue weighted by Gasteiger charge is 2.21. The molecule has 0 rings (SSSR count). The molecule has 11 heavy (non-hydrogen) atoms. The number of carbonyl (C=O) groups is 1. The molecule has 0 aliphatic heterocycles. The summed E-state index contributed by atoms with van der Waals surface area (Å²) in [6, 6.07) is -1.06. The van der Waals surface area contributed by atoms with Gasteiger partial charge < -0.3 is 10.8 Å². The summed E-state index contributed by atoms with van der Waals surface area (Å²) in [4.78, 5) is 10.2. The Bertz CT molecular complexity index is 119. The molecule has 0 radical (unpaired) electrons. The maximum absolute atomic E-state index is 11.9. The van der Waals surface area contributed by atoms with Gasteiger partial charge in [0.05, 0.1) is 6.67 Å². The standard InChI is InChI=1S/C6H12FNO2.ClH/c1-2-4(3-7)5(8)6(9)10;/h4-5H,2-3,8H2,1H3,(H,9,10);1H/t4-,5+;/m1./s1. The molecule has 0 aromatic rings. The zero-order chi connectivity index (χ0) is 8.15. The monoisotopic (exact) mass is 185 g/mol. The molecule has 0 heterocycles. The van der Waals surface area contributed by atoms with Crippen molar-refractivity contribution in [1.29, 1.82) is 0 Å². The normalized spacial score (nSPS) is 14.8. The predicted molar refractivity (Wildman–Crippen MR) is 42.6 cm³/mol. The molecule has 0 spiro atoms. The van der Waals surface area contributed by atoms with Crippen LogP contribution in [0.4, 0.5) is 4.39 Å². The largest absolute Gasteiger partial charge is 0.480 e. The first-order valence-corrected chi connectivity index (χ1v) is 3.17. The molecular formula is C6H13ClFNO2. The molecule has 0 bridgehead atoms. The lowest BCUT2D eigenvalue weighted by Crippen LogP contribution is -2.38. The minimum Gasteiger partial charge on any atom is -0.480 e. The molecule has 0 aromatic heterocycles. The molecule has 2 atom stereocenters. The average molecular weight is 186 g/mol. The fraction of sp³-hybridized carbons (Fsp3) is 0.833. The molecule has 0 saturated heterocycles. The highest BCUT2D eigenvalue weighted by molar-refractivity contribution is 5.85. The SMILES string of the molecule is CC[C@H](CF)[C@H](N)C(=O)O.Cl. The van der Waals surface area contributed by atoms with E-state index >= 15 is 0 Å². The van der Waals surface area contributed by atoms with Gasteiger partial charge in [-0.2, -0.15) is 0 Å². The Labute approximate surface area is 71.2 Å². The first-order chi connectivity index (χ1) is 4.63. The smallest absolute Gasteiger partial charge is 0.320 e. The van der Waals surface area contributed by atoms with Gasteiger partial charge in [0.2, 0.25) is 0 Å². The fourth-order valence-electron chi connectivity index (χ4n) is 0.661. The minimum atomic E-state index is -1.13. The van der Waals surface area contributed by atoms with Crippen molar-refractivity contribution in [1.82, 2.24) is 0 Å². The van der Waals surface area contributed by atoms with Crippen LogP contribution < -0.4 is 5.73 Å². The molecule has 0 fully saturated rings. The number of alkyl halides is 1. The highest BCUT2D eigenvalue weighted by atomic mass is 35.5. The third-order valence-electron chi connectivity index (χ3n) is 1.52. The summed E-state index contributed by atoms with van der Waals surface area (Å²) in [5, 5.41) is 8.32. The van der Waals surface area contributed by atoms with Crippen LogP contribution in [0.2, 0.25) is 0 Å². The summed E-state index contributed by atoms with van der Waals surface area (Å²) in [6.45, 7) is 1.05. The lowest BCUT2D eigenvalue weighted by Gasteiger charge is -2.14. The van der Waals surface area contributed by atoms with Gasteiger partial charge in [-0.1, -0.05) is 6.92 Å². The van der Waals surface area contributed by atoms with E-state index in [1.54, 1.807) is 6.92 Å². The van der Waals surface area contributed by atoms with Crippen molar-refractivity contribution in [2.45, 2.75) is 19.4 Å². The van der Waals surface area contributed by atoms with Crippen LogP contribution in [0, 0.1) is 5.92 Å². The van der Waals surface area contributed by atoms with Gasteiger partial charge in [0.15, 0.2) is 0 Å². The Morgan fingerprint density at radius 1 is 1.73 bits per heavy atom. The van der Waals surface area contributed by atoms with E-state index in [1.807, 2.05) is 0 Å². The van der Waals surface area contributed by atoms with Crippen molar-refractivity contribution in [3.05, 3.63) is 0 Å². The maximum atomic E-state index is 11.9. The Balaban J connectivity index is 0. The molecule has 0 saturated carbocycles. The summed E-state index contributed by atoms with van der Waals surface area (Å²) in [5.74, 6) is -1.68. The lowest BCUT2D eigenvalue weighted by atomic mass is 10.00. The van der Waals surface area contributed by atoms with E-state index in [0.29, 0.717) is 6.42 Å². The number of hydrogen-bond acceptors (Lipinski definition) is 2. The molecule has 3 nitrogen and oxygen atoms in total. The third-order valence-corrected chi connectivity index (χ3v) is 1.52. The summed E-state index contributed by atoms with van der Waals surface area (Å²) in [5.41, 5.74) is 5.14. The summed E-state index contributed by atoms with van der Waals surface area (Å²) in [6.07, 6.45) is 0.462. The van der Waals surface area contributed by atoms with Crippen LogP contribution in [0.1, 0.15) is 13.3 Å². The molecular weight excluding hydrogens is 173 g/mol. The maximum Gasteiger partial charge on any atom is 0.320 e. The topological polar surface area (TPSA) is 63.3 Å². The predicted octanol–water partition coefficient (Wildman–Crippen LogP) is 0.816. The van der Waals surface area contributed by atoms with Crippen molar-refractivity contribution in [3.63, 3.8) is 0 Å². The van der Waals surface area contributed by atoms with E-state index in [4.69, 9.17) is 10.8 Å². The van der Waals surface area contributed by atoms with Crippen LogP contribution in [0.25, 0.3) is 0 Å². The number of halogens is 2. The summed E-state index contributed by atoms with van der Waals surface area (Å²) in [7, 11) is 0. The van der Waals surface area contributed by atoms with Gasteiger partial charge in [0, 0.05) is 5.92 Å². The molecule has 0 amide bonds. The van der Waals surface area contributed by atoms with Crippen LogP contribution in [0.3, 0.4) is 0 Å². The Morgan fingerprint density at radius 3 is 2.27 bits per heavy atom. The van der Waals surface area contributed by atoms with Crippen molar-refractivity contribution >= 4 is 18.4 Å². The second-order valence-electron chi connectivity index (χ2n) is 2.19. The molecule has 0 aromatic carbocycles. The van der Waals surface area contributed by atoms with Crippen LogP contribution in [-0.4, -0.2) is 23.8 Å². The van der Waals surface area contributed by atoms with E-state index in [0.717, 1.165) is 0 Å². The Morgan fingerprint density at radius 2 is 2.18 bits per heavy atom. The van der Waals surface area contributed by atoms with Crippen LogP contribution in [0.15, 0.2) is 0 Å². The van der Waals surface area contributed by atoms with Crippen molar-refractivity contribution in [3.8, 4) is 0 Å². The first-order valence-electron chi connectivity index (χ1n) is 3.17. The van der Waals surface area contributed by atoms with Crippen molar-refractivity contribution in [2.24, 2.45) is 11.7 Å².